The van der Waals surface area contributed by atoms with E-state index in [0.717, 1.165) is 30.9 Å². The zero-order valence-electron chi connectivity index (χ0n) is 19.0. The van der Waals surface area contributed by atoms with Crippen molar-refractivity contribution in [1.82, 2.24) is 10.6 Å². The van der Waals surface area contributed by atoms with Gasteiger partial charge in [0.15, 0.2) is 16.6 Å². The first-order valence-electron chi connectivity index (χ1n) is 11.0. The molecule has 2 rings (SSSR count). The minimum absolute atomic E-state index is 0.209. The van der Waals surface area contributed by atoms with Gasteiger partial charge in [-0.3, -0.25) is 0 Å². The predicted octanol–water partition coefficient (Wildman–Crippen LogP) is 5.77. The molecular formula is C25H36N2O2S. The fraction of sp³-hybridized carbons (Fsp3) is 0.480. The fourth-order valence-electron chi connectivity index (χ4n) is 3.31. The summed E-state index contributed by atoms with van der Waals surface area (Å²) in [6.07, 6.45) is 1.83. The molecule has 164 valence electrons. The Hall–Kier alpha value is -2.27. The third kappa shape index (κ3) is 7.21. The van der Waals surface area contributed by atoms with E-state index in [-0.39, 0.29) is 6.04 Å². The molecule has 0 bridgehead atoms. The second-order valence-corrected chi connectivity index (χ2v) is 7.99. The SMILES string of the molecule is CCOc1ccc(CCNC(=S)N[C@H](CC)c2ccc(C(C)C)cc2)cc1OCC. The van der Waals surface area contributed by atoms with Gasteiger partial charge in [0.2, 0.25) is 0 Å². The first-order chi connectivity index (χ1) is 14.5. The summed E-state index contributed by atoms with van der Waals surface area (Å²) in [5, 5.41) is 7.47. The average molecular weight is 429 g/mol. The standard InChI is InChI=1S/C25H36N2O2S/c1-6-22(21-12-10-20(11-13-21)18(4)5)27-25(30)26-16-15-19-9-14-23(28-7-2)24(17-19)29-8-3/h9-14,17-18,22H,6-8,15-16H2,1-5H3,(H2,26,27,30)/t22-/m1/s1. The molecule has 0 aliphatic heterocycles. The first kappa shape index (κ1) is 24.0. The fourth-order valence-corrected chi connectivity index (χ4v) is 3.56. The number of hydrogen-bond donors (Lipinski definition) is 2. The molecule has 2 N–H and O–H groups in total. The first-order valence-corrected chi connectivity index (χ1v) is 11.4. The van der Waals surface area contributed by atoms with Gasteiger partial charge in [0.25, 0.3) is 0 Å². The molecule has 0 heterocycles. The summed E-state index contributed by atoms with van der Waals surface area (Å²) >= 11 is 5.54. The van der Waals surface area contributed by atoms with E-state index >= 15 is 0 Å². The van der Waals surface area contributed by atoms with E-state index in [1.807, 2.05) is 19.9 Å². The topological polar surface area (TPSA) is 42.5 Å². The van der Waals surface area contributed by atoms with Crippen molar-refractivity contribution >= 4 is 17.3 Å². The molecule has 0 radical (unpaired) electrons. The second kappa shape index (κ2) is 12.4. The lowest BCUT2D eigenvalue weighted by Crippen LogP contribution is -2.38. The molecule has 0 aromatic heterocycles. The lowest BCUT2D eigenvalue weighted by Gasteiger charge is -2.21. The van der Waals surface area contributed by atoms with Crippen molar-refractivity contribution in [2.45, 2.75) is 59.4 Å². The van der Waals surface area contributed by atoms with Crippen LogP contribution in [0, 0.1) is 0 Å². The van der Waals surface area contributed by atoms with Crippen LogP contribution in [-0.4, -0.2) is 24.9 Å². The van der Waals surface area contributed by atoms with Crippen molar-refractivity contribution < 1.29 is 9.47 Å². The van der Waals surface area contributed by atoms with Crippen molar-refractivity contribution in [1.29, 1.82) is 0 Å². The van der Waals surface area contributed by atoms with Crippen LogP contribution in [0.25, 0.3) is 0 Å². The zero-order valence-corrected chi connectivity index (χ0v) is 19.8. The summed E-state index contributed by atoms with van der Waals surface area (Å²) in [5.74, 6) is 2.14. The van der Waals surface area contributed by atoms with Crippen LogP contribution in [0.1, 0.15) is 69.7 Å². The Morgan fingerprint density at radius 1 is 0.900 bits per heavy atom. The van der Waals surface area contributed by atoms with E-state index in [1.165, 1.54) is 16.7 Å². The van der Waals surface area contributed by atoms with E-state index < -0.39 is 0 Å². The molecule has 2 aromatic rings. The third-order valence-electron chi connectivity index (χ3n) is 5.03. The Balaban J connectivity index is 1.88. The molecule has 0 aliphatic carbocycles. The van der Waals surface area contributed by atoms with Crippen molar-refractivity contribution in [2.75, 3.05) is 19.8 Å². The molecule has 4 nitrogen and oxygen atoms in total. The number of rotatable bonds is 11. The number of nitrogens with one attached hydrogen (secondary N) is 2. The van der Waals surface area contributed by atoms with Crippen molar-refractivity contribution in [3.63, 3.8) is 0 Å². The van der Waals surface area contributed by atoms with Gasteiger partial charge in [0, 0.05) is 6.54 Å². The van der Waals surface area contributed by atoms with Crippen molar-refractivity contribution in [2.24, 2.45) is 0 Å². The van der Waals surface area contributed by atoms with Crippen molar-refractivity contribution in [3.8, 4) is 11.5 Å². The zero-order chi connectivity index (χ0) is 21.9. The highest BCUT2D eigenvalue weighted by Crippen LogP contribution is 2.28. The lowest BCUT2D eigenvalue weighted by molar-refractivity contribution is 0.287. The lowest BCUT2D eigenvalue weighted by atomic mass is 9.98. The van der Waals surface area contributed by atoms with Crippen LogP contribution >= 0.6 is 12.2 Å². The summed E-state index contributed by atoms with van der Waals surface area (Å²) in [7, 11) is 0. The van der Waals surface area contributed by atoms with Crippen molar-refractivity contribution in [3.05, 3.63) is 59.2 Å². The summed E-state index contributed by atoms with van der Waals surface area (Å²) in [5.41, 5.74) is 3.81. The van der Waals surface area contributed by atoms with Crippen LogP contribution in [0.4, 0.5) is 0 Å². The maximum atomic E-state index is 5.71. The molecule has 2 aromatic carbocycles. The smallest absolute Gasteiger partial charge is 0.166 e. The molecule has 0 fully saturated rings. The van der Waals surface area contributed by atoms with Gasteiger partial charge in [0.1, 0.15) is 0 Å². The van der Waals surface area contributed by atoms with Crippen LogP contribution < -0.4 is 20.1 Å². The van der Waals surface area contributed by atoms with Gasteiger partial charge >= 0.3 is 0 Å². The molecule has 1 atom stereocenters. The minimum Gasteiger partial charge on any atom is -0.490 e. The Morgan fingerprint density at radius 3 is 2.13 bits per heavy atom. The normalized spacial score (nSPS) is 11.8. The van der Waals surface area contributed by atoms with Gasteiger partial charge in [-0.25, -0.2) is 0 Å². The number of benzene rings is 2. The number of thiocarbonyl (C=S) groups is 1. The monoisotopic (exact) mass is 428 g/mol. The van der Waals surface area contributed by atoms with Gasteiger partial charge in [-0.15, -0.1) is 0 Å². The van der Waals surface area contributed by atoms with E-state index in [0.29, 0.717) is 24.2 Å². The average Bonchev–Trinajstić information content (AvgIpc) is 2.74. The van der Waals surface area contributed by atoms with E-state index in [4.69, 9.17) is 21.7 Å². The summed E-state index contributed by atoms with van der Waals surface area (Å²) in [6, 6.07) is 15.2. The van der Waals surface area contributed by atoms with E-state index in [9.17, 15) is 0 Å². The van der Waals surface area contributed by atoms with Gasteiger partial charge < -0.3 is 20.1 Å². The van der Waals surface area contributed by atoms with E-state index in [1.54, 1.807) is 0 Å². The predicted molar refractivity (Wildman–Crippen MR) is 130 cm³/mol. The van der Waals surface area contributed by atoms with Gasteiger partial charge in [-0.2, -0.15) is 0 Å². The highest BCUT2D eigenvalue weighted by atomic mass is 32.1. The van der Waals surface area contributed by atoms with Gasteiger partial charge in [0.05, 0.1) is 19.3 Å². The summed E-state index contributed by atoms with van der Waals surface area (Å²) < 4.78 is 11.3. The maximum Gasteiger partial charge on any atom is 0.166 e. The molecule has 30 heavy (non-hydrogen) atoms. The number of ether oxygens (including phenoxy) is 2. The largest absolute Gasteiger partial charge is 0.490 e. The Labute approximate surface area is 187 Å². The molecule has 0 saturated carbocycles. The molecular weight excluding hydrogens is 392 g/mol. The van der Waals surface area contributed by atoms with Gasteiger partial charge in [-0.05, 0) is 73.6 Å². The van der Waals surface area contributed by atoms with Crippen LogP contribution in [0.5, 0.6) is 11.5 Å². The van der Waals surface area contributed by atoms with Gasteiger partial charge in [-0.1, -0.05) is 51.1 Å². The van der Waals surface area contributed by atoms with Crippen LogP contribution in [-0.2, 0) is 6.42 Å². The molecule has 0 amide bonds. The number of hydrogen-bond acceptors (Lipinski definition) is 3. The van der Waals surface area contributed by atoms with Crippen LogP contribution in [0.15, 0.2) is 42.5 Å². The summed E-state index contributed by atoms with van der Waals surface area (Å²) in [4.78, 5) is 0. The van der Waals surface area contributed by atoms with E-state index in [2.05, 4.69) is 67.8 Å². The third-order valence-corrected chi connectivity index (χ3v) is 5.29. The Morgan fingerprint density at radius 2 is 1.53 bits per heavy atom. The maximum absolute atomic E-state index is 5.71. The quantitative estimate of drug-likeness (QED) is 0.445. The van der Waals surface area contributed by atoms with Crippen LogP contribution in [0.3, 0.4) is 0 Å². The minimum atomic E-state index is 0.209. The molecule has 0 spiro atoms. The highest BCUT2D eigenvalue weighted by Gasteiger charge is 2.11. The van der Waals surface area contributed by atoms with Crippen LogP contribution in [0.2, 0.25) is 0 Å². The Bertz CT molecular complexity index is 790. The molecule has 0 saturated heterocycles. The molecule has 5 heteroatoms. The summed E-state index contributed by atoms with van der Waals surface area (Å²) in [6.45, 7) is 12.6. The highest BCUT2D eigenvalue weighted by molar-refractivity contribution is 7.80. The molecule has 0 unspecified atom stereocenters. The Kier molecular flexibility index (Phi) is 9.95. The molecule has 0 aliphatic rings. The second-order valence-electron chi connectivity index (χ2n) is 7.58.